The number of rotatable bonds is 7. The summed E-state index contributed by atoms with van der Waals surface area (Å²) in [7, 11) is -3.10. The van der Waals surface area contributed by atoms with Gasteiger partial charge < -0.3 is 15.4 Å². The van der Waals surface area contributed by atoms with Crippen LogP contribution in [-0.2, 0) is 19.6 Å². The largest absolute Gasteiger partial charge is 0.495 e. The normalized spacial score (nSPS) is 17.5. The van der Waals surface area contributed by atoms with Crippen molar-refractivity contribution in [1.82, 2.24) is 14.6 Å². The van der Waals surface area contributed by atoms with Gasteiger partial charge in [0.2, 0.25) is 15.9 Å². The minimum atomic E-state index is -4.40. The second kappa shape index (κ2) is 8.76. The Labute approximate surface area is 173 Å². The number of benzene rings is 1. The SMILES string of the molecule is COc1c(-c2cccnc2)cccc1S(=O)(=O)N[C@@H](C(N)=O)C(=O)N1CC[C@H](F)C1. The fourth-order valence-corrected chi connectivity index (χ4v) is 4.59. The minimum absolute atomic E-state index is 0.0127. The molecule has 2 heterocycles. The molecule has 0 bridgehead atoms. The number of nitrogens with one attached hydrogen (secondary N) is 1. The molecule has 2 amide bonds. The van der Waals surface area contributed by atoms with Crippen molar-refractivity contribution in [2.45, 2.75) is 23.5 Å². The molecular formula is C19H21FN4O5S. The first-order chi connectivity index (χ1) is 14.2. The van der Waals surface area contributed by atoms with E-state index in [4.69, 9.17) is 10.5 Å². The molecule has 0 spiro atoms. The van der Waals surface area contributed by atoms with Gasteiger partial charge in [-0.1, -0.05) is 18.2 Å². The highest BCUT2D eigenvalue weighted by Gasteiger charge is 2.37. The number of hydrogen-bond acceptors (Lipinski definition) is 6. The number of pyridine rings is 1. The molecule has 1 aliphatic rings. The predicted molar refractivity (Wildman–Crippen MR) is 106 cm³/mol. The summed E-state index contributed by atoms with van der Waals surface area (Å²) in [6.45, 7) is -0.143. The number of hydrogen-bond donors (Lipinski definition) is 2. The van der Waals surface area contributed by atoms with Gasteiger partial charge in [-0.15, -0.1) is 0 Å². The number of alkyl halides is 1. The summed E-state index contributed by atoms with van der Waals surface area (Å²) in [4.78, 5) is 29.2. The zero-order chi connectivity index (χ0) is 21.9. The summed E-state index contributed by atoms with van der Waals surface area (Å²) >= 11 is 0. The van der Waals surface area contributed by atoms with E-state index < -0.39 is 34.1 Å². The maximum Gasteiger partial charge on any atom is 0.250 e. The molecule has 160 valence electrons. The lowest BCUT2D eigenvalue weighted by atomic mass is 10.1. The van der Waals surface area contributed by atoms with Gasteiger partial charge in [-0.2, -0.15) is 4.72 Å². The topological polar surface area (TPSA) is 132 Å². The monoisotopic (exact) mass is 436 g/mol. The summed E-state index contributed by atoms with van der Waals surface area (Å²) in [6.07, 6.45) is 2.00. The molecule has 3 N–H and O–H groups in total. The van der Waals surface area contributed by atoms with Crippen LogP contribution in [0, 0.1) is 0 Å². The second-order valence-electron chi connectivity index (χ2n) is 6.71. The van der Waals surface area contributed by atoms with Crippen molar-refractivity contribution in [2.75, 3.05) is 20.2 Å². The highest BCUT2D eigenvalue weighted by Crippen LogP contribution is 2.35. The third-order valence-corrected chi connectivity index (χ3v) is 6.14. The average Bonchev–Trinajstić information content (AvgIpc) is 3.17. The van der Waals surface area contributed by atoms with Gasteiger partial charge in [-0.3, -0.25) is 14.6 Å². The van der Waals surface area contributed by atoms with Crippen LogP contribution < -0.4 is 15.2 Å². The average molecular weight is 436 g/mol. The highest BCUT2D eigenvalue weighted by molar-refractivity contribution is 7.89. The lowest BCUT2D eigenvalue weighted by molar-refractivity contribution is -0.136. The Hall–Kier alpha value is -3.05. The van der Waals surface area contributed by atoms with Gasteiger partial charge >= 0.3 is 0 Å². The molecule has 0 saturated carbocycles. The summed E-state index contributed by atoms with van der Waals surface area (Å²) in [5.41, 5.74) is 6.34. The first-order valence-electron chi connectivity index (χ1n) is 9.06. The van der Waals surface area contributed by atoms with E-state index in [9.17, 15) is 22.4 Å². The van der Waals surface area contributed by atoms with Crippen molar-refractivity contribution in [3.8, 4) is 16.9 Å². The summed E-state index contributed by atoms with van der Waals surface area (Å²) in [5.74, 6) is -2.07. The molecule has 1 aliphatic heterocycles. The number of likely N-dealkylation sites (tertiary alicyclic amines) is 1. The maximum atomic E-state index is 13.4. The molecule has 0 aliphatic carbocycles. The van der Waals surface area contributed by atoms with Crippen LogP contribution in [-0.4, -0.2) is 62.5 Å². The summed E-state index contributed by atoms with van der Waals surface area (Å²) < 4.78 is 46.9. The van der Waals surface area contributed by atoms with Crippen LogP contribution in [0.2, 0.25) is 0 Å². The number of halogens is 1. The van der Waals surface area contributed by atoms with Crippen LogP contribution in [0.5, 0.6) is 5.75 Å². The number of sulfonamides is 1. The summed E-state index contributed by atoms with van der Waals surface area (Å²) in [6, 6.07) is 5.96. The molecule has 1 aromatic carbocycles. The number of aromatic nitrogens is 1. The molecule has 2 aromatic rings. The molecule has 0 radical (unpaired) electrons. The van der Waals surface area contributed by atoms with E-state index in [2.05, 4.69) is 4.98 Å². The number of methoxy groups -OCH3 is 1. The van der Waals surface area contributed by atoms with E-state index >= 15 is 0 Å². The van der Waals surface area contributed by atoms with Crippen molar-refractivity contribution in [3.63, 3.8) is 0 Å². The van der Waals surface area contributed by atoms with Gasteiger partial charge in [0.15, 0.2) is 6.04 Å². The molecular weight excluding hydrogens is 415 g/mol. The highest BCUT2D eigenvalue weighted by atomic mass is 32.2. The third kappa shape index (κ3) is 4.41. The Morgan fingerprint density at radius 1 is 1.33 bits per heavy atom. The smallest absolute Gasteiger partial charge is 0.250 e. The standard InChI is InChI=1S/C19H21FN4O5S/c1-29-17-14(12-4-3-8-22-10-12)5-2-6-15(17)30(27,28)23-16(18(21)25)19(26)24-9-7-13(20)11-24/h2-6,8,10,13,16,23H,7,9,11H2,1H3,(H2,21,25)/t13-,16-/m0/s1. The number of carbonyl (C=O) groups is 2. The fourth-order valence-electron chi connectivity index (χ4n) is 3.24. The van der Waals surface area contributed by atoms with E-state index in [1.165, 1.54) is 25.4 Å². The molecule has 30 heavy (non-hydrogen) atoms. The predicted octanol–water partition coefficient (Wildman–Crippen LogP) is 0.460. The number of nitrogens with two attached hydrogens (primary N) is 1. The second-order valence-corrected chi connectivity index (χ2v) is 8.39. The van der Waals surface area contributed by atoms with Crippen LogP contribution in [0.15, 0.2) is 47.6 Å². The lowest BCUT2D eigenvalue weighted by Gasteiger charge is -2.22. The summed E-state index contributed by atoms with van der Waals surface area (Å²) in [5, 5.41) is 0. The first-order valence-corrected chi connectivity index (χ1v) is 10.5. The molecule has 1 saturated heterocycles. The van der Waals surface area contributed by atoms with E-state index in [0.29, 0.717) is 11.1 Å². The van der Waals surface area contributed by atoms with Crippen molar-refractivity contribution < 1.29 is 27.1 Å². The van der Waals surface area contributed by atoms with Crippen LogP contribution in [0.3, 0.4) is 0 Å². The Morgan fingerprint density at radius 3 is 2.67 bits per heavy atom. The van der Waals surface area contributed by atoms with Gasteiger partial charge in [0.25, 0.3) is 5.91 Å². The van der Waals surface area contributed by atoms with Crippen molar-refractivity contribution in [2.24, 2.45) is 5.73 Å². The van der Waals surface area contributed by atoms with Gasteiger partial charge in [-0.05, 0) is 18.6 Å². The Bertz CT molecular complexity index is 1050. The van der Waals surface area contributed by atoms with Crippen LogP contribution in [0.4, 0.5) is 4.39 Å². The Balaban J connectivity index is 1.96. The van der Waals surface area contributed by atoms with Crippen molar-refractivity contribution in [1.29, 1.82) is 0 Å². The van der Waals surface area contributed by atoms with Gasteiger partial charge in [-0.25, -0.2) is 12.8 Å². The molecule has 3 rings (SSSR count). The molecule has 0 unspecified atom stereocenters. The first kappa shape index (κ1) is 21.7. The minimum Gasteiger partial charge on any atom is -0.495 e. The fraction of sp³-hybridized carbons (Fsp3) is 0.316. The van der Waals surface area contributed by atoms with E-state index in [0.717, 1.165) is 4.90 Å². The third-order valence-electron chi connectivity index (χ3n) is 4.69. The van der Waals surface area contributed by atoms with Crippen LogP contribution >= 0.6 is 0 Å². The van der Waals surface area contributed by atoms with E-state index in [-0.39, 0.29) is 30.2 Å². The van der Waals surface area contributed by atoms with Crippen LogP contribution in [0.25, 0.3) is 11.1 Å². The van der Waals surface area contributed by atoms with Crippen LogP contribution in [0.1, 0.15) is 6.42 Å². The number of ether oxygens (including phenoxy) is 1. The molecule has 1 fully saturated rings. The lowest BCUT2D eigenvalue weighted by Crippen LogP contribution is -2.54. The zero-order valence-electron chi connectivity index (χ0n) is 16.1. The quantitative estimate of drug-likeness (QED) is 0.606. The number of primary amides is 1. The van der Waals surface area contributed by atoms with E-state index in [1.807, 2.05) is 4.72 Å². The number of amides is 2. The van der Waals surface area contributed by atoms with Crippen molar-refractivity contribution >= 4 is 21.8 Å². The number of para-hydroxylation sites is 1. The van der Waals surface area contributed by atoms with E-state index in [1.54, 1.807) is 24.4 Å². The zero-order valence-corrected chi connectivity index (χ0v) is 16.9. The molecule has 1 aromatic heterocycles. The molecule has 2 atom stereocenters. The Morgan fingerprint density at radius 2 is 2.10 bits per heavy atom. The Kier molecular flexibility index (Phi) is 6.32. The maximum absolute atomic E-state index is 13.4. The van der Waals surface area contributed by atoms with Gasteiger partial charge in [0.05, 0.1) is 13.7 Å². The molecule has 9 nitrogen and oxygen atoms in total. The number of nitrogens with zero attached hydrogens (tertiary/aromatic N) is 2. The van der Waals surface area contributed by atoms with Gasteiger partial charge in [0, 0.05) is 30.1 Å². The van der Waals surface area contributed by atoms with Crippen molar-refractivity contribution in [3.05, 3.63) is 42.7 Å². The van der Waals surface area contributed by atoms with Gasteiger partial charge in [0.1, 0.15) is 16.8 Å². The number of carbonyl (C=O) groups excluding carboxylic acids is 2. The molecule has 11 heteroatoms.